The lowest BCUT2D eigenvalue weighted by Crippen LogP contribution is -2.15. The highest BCUT2D eigenvalue weighted by molar-refractivity contribution is 9.10. The van der Waals surface area contributed by atoms with Gasteiger partial charge in [0.05, 0.1) is 17.9 Å². The zero-order valence-electron chi connectivity index (χ0n) is 15.8. The third-order valence-corrected chi connectivity index (χ3v) is 5.01. The van der Waals surface area contributed by atoms with Crippen molar-refractivity contribution < 1.29 is 4.74 Å². The van der Waals surface area contributed by atoms with Gasteiger partial charge in [-0.3, -0.25) is 4.79 Å². The number of H-pyrrole nitrogens is 1. The predicted octanol–water partition coefficient (Wildman–Crippen LogP) is 5.78. The number of benzene rings is 2. The van der Waals surface area contributed by atoms with E-state index in [1.807, 2.05) is 50.2 Å². The van der Waals surface area contributed by atoms with Crippen molar-refractivity contribution in [2.45, 2.75) is 33.1 Å². The minimum Gasteiger partial charge on any atom is -0.493 e. The fourth-order valence-corrected chi connectivity index (χ4v) is 3.50. The van der Waals surface area contributed by atoms with E-state index in [-0.39, 0.29) is 11.5 Å². The molecule has 0 bridgehead atoms. The molecule has 0 spiro atoms. The van der Waals surface area contributed by atoms with Gasteiger partial charge in [-0.2, -0.15) is 0 Å². The van der Waals surface area contributed by atoms with Gasteiger partial charge in [-0.1, -0.05) is 57.2 Å². The summed E-state index contributed by atoms with van der Waals surface area (Å²) in [5, 5.41) is 0. The largest absolute Gasteiger partial charge is 0.493 e. The molecule has 0 fully saturated rings. The minimum atomic E-state index is -0.185. The van der Waals surface area contributed by atoms with Gasteiger partial charge in [0.15, 0.2) is 0 Å². The zero-order chi connectivity index (χ0) is 19.4. The maximum absolute atomic E-state index is 12.4. The van der Waals surface area contributed by atoms with Crippen molar-refractivity contribution in [2.24, 2.45) is 0 Å². The van der Waals surface area contributed by atoms with Crippen LogP contribution in [0, 0.1) is 0 Å². The molecule has 4 nitrogen and oxygen atoms in total. The third kappa shape index (κ3) is 4.30. The molecule has 0 aliphatic carbocycles. The normalized spacial score (nSPS) is 11.0. The molecule has 0 aliphatic heterocycles. The van der Waals surface area contributed by atoms with Crippen LogP contribution in [0.4, 0.5) is 0 Å². The van der Waals surface area contributed by atoms with E-state index in [1.54, 1.807) is 0 Å². The number of nitrogens with zero attached hydrogens (tertiary/aromatic N) is 1. The molecular formula is C22H23BrN2O2. The van der Waals surface area contributed by atoms with Gasteiger partial charge in [-0.05, 0) is 51.5 Å². The molecular weight excluding hydrogens is 404 g/mol. The number of ether oxygens (including phenoxy) is 1. The molecule has 0 aliphatic rings. The Labute approximate surface area is 167 Å². The number of halogens is 1. The molecule has 2 aromatic carbocycles. The van der Waals surface area contributed by atoms with Gasteiger partial charge in [0, 0.05) is 0 Å². The van der Waals surface area contributed by atoms with Crippen molar-refractivity contribution in [3.05, 3.63) is 69.1 Å². The summed E-state index contributed by atoms with van der Waals surface area (Å²) in [5.41, 5.74) is 3.49. The van der Waals surface area contributed by atoms with E-state index >= 15 is 0 Å². The smallest absolute Gasteiger partial charge is 0.265 e. The van der Waals surface area contributed by atoms with Crippen molar-refractivity contribution in [1.29, 1.82) is 0 Å². The number of hydrogen-bond donors (Lipinski definition) is 1. The summed E-state index contributed by atoms with van der Waals surface area (Å²) in [4.78, 5) is 20.0. The Morgan fingerprint density at radius 2 is 1.85 bits per heavy atom. The SMILES string of the molecule is CCCOc1ccc(-c2ccccc2)cc1-c1nc(C(C)C)c(Br)c(=O)[nH]1. The number of hydrogen-bond acceptors (Lipinski definition) is 3. The van der Waals surface area contributed by atoms with Gasteiger partial charge < -0.3 is 9.72 Å². The van der Waals surface area contributed by atoms with Crippen molar-refractivity contribution in [1.82, 2.24) is 9.97 Å². The molecule has 3 aromatic rings. The molecule has 5 heteroatoms. The van der Waals surface area contributed by atoms with Crippen LogP contribution in [0.15, 0.2) is 57.8 Å². The zero-order valence-corrected chi connectivity index (χ0v) is 17.3. The topological polar surface area (TPSA) is 55.0 Å². The maximum Gasteiger partial charge on any atom is 0.265 e. The van der Waals surface area contributed by atoms with Crippen LogP contribution in [0.2, 0.25) is 0 Å². The summed E-state index contributed by atoms with van der Waals surface area (Å²) >= 11 is 3.36. The van der Waals surface area contributed by atoms with Crippen LogP contribution in [0.5, 0.6) is 5.75 Å². The summed E-state index contributed by atoms with van der Waals surface area (Å²) in [5.74, 6) is 1.37. The lowest BCUT2D eigenvalue weighted by molar-refractivity contribution is 0.318. The number of rotatable bonds is 6. The number of aromatic amines is 1. The Hall–Kier alpha value is -2.40. The van der Waals surface area contributed by atoms with E-state index < -0.39 is 0 Å². The Morgan fingerprint density at radius 3 is 2.52 bits per heavy atom. The molecule has 3 rings (SSSR count). The summed E-state index contributed by atoms with van der Waals surface area (Å²) in [6.45, 7) is 6.71. The fourth-order valence-electron chi connectivity index (χ4n) is 2.85. The fraction of sp³-hybridized carbons (Fsp3) is 0.273. The molecule has 0 atom stereocenters. The summed E-state index contributed by atoms with van der Waals surface area (Å²) in [6.07, 6.45) is 0.904. The van der Waals surface area contributed by atoms with Crippen molar-refractivity contribution in [2.75, 3.05) is 6.61 Å². The first-order chi connectivity index (χ1) is 13.0. The standard InChI is InChI=1S/C22H23BrN2O2/c1-4-12-27-18-11-10-16(15-8-6-5-7-9-15)13-17(18)21-24-20(14(2)3)19(23)22(26)25-21/h5-11,13-14H,4,12H2,1-3H3,(H,24,25,26). The maximum atomic E-state index is 12.4. The highest BCUT2D eigenvalue weighted by atomic mass is 79.9. The number of nitrogens with one attached hydrogen (secondary N) is 1. The predicted molar refractivity (Wildman–Crippen MR) is 113 cm³/mol. The first-order valence-electron chi connectivity index (χ1n) is 9.13. The lowest BCUT2D eigenvalue weighted by Gasteiger charge is -2.15. The van der Waals surface area contributed by atoms with Crippen molar-refractivity contribution in [3.63, 3.8) is 0 Å². The van der Waals surface area contributed by atoms with E-state index in [4.69, 9.17) is 9.72 Å². The first kappa shape index (κ1) is 19.4. The third-order valence-electron chi connectivity index (χ3n) is 4.24. The lowest BCUT2D eigenvalue weighted by atomic mass is 10.0. The van der Waals surface area contributed by atoms with E-state index in [2.05, 4.69) is 40.0 Å². The van der Waals surface area contributed by atoms with Crippen LogP contribution in [0.1, 0.15) is 38.8 Å². The van der Waals surface area contributed by atoms with Gasteiger partial charge in [-0.15, -0.1) is 0 Å². The molecule has 1 heterocycles. The van der Waals surface area contributed by atoms with Crippen LogP contribution < -0.4 is 10.3 Å². The molecule has 1 aromatic heterocycles. The van der Waals surface area contributed by atoms with Crippen LogP contribution in [-0.2, 0) is 0 Å². The Kier molecular flexibility index (Phi) is 6.11. The molecule has 0 unspecified atom stereocenters. The van der Waals surface area contributed by atoms with Crippen molar-refractivity contribution in [3.8, 4) is 28.3 Å². The summed E-state index contributed by atoms with van der Waals surface area (Å²) < 4.78 is 6.41. The highest BCUT2D eigenvalue weighted by Crippen LogP contribution is 2.33. The van der Waals surface area contributed by atoms with Crippen LogP contribution in [0.3, 0.4) is 0 Å². The van der Waals surface area contributed by atoms with Gasteiger partial charge in [0.2, 0.25) is 0 Å². The van der Waals surface area contributed by atoms with Crippen LogP contribution in [0.25, 0.3) is 22.5 Å². The van der Waals surface area contributed by atoms with Crippen molar-refractivity contribution >= 4 is 15.9 Å². The second kappa shape index (κ2) is 8.53. The van der Waals surface area contributed by atoms with E-state index in [9.17, 15) is 4.79 Å². The second-order valence-electron chi connectivity index (χ2n) is 6.69. The van der Waals surface area contributed by atoms with Gasteiger partial charge >= 0.3 is 0 Å². The molecule has 0 radical (unpaired) electrons. The summed E-state index contributed by atoms with van der Waals surface area (Å²) in [6, 6.07) is 16.1. The van der Waals surface area contributed by atoms with Crippen LogP contribution >= 0.6 is 15.9 Å². The van der Waals surface area contributed by atoms with E-state index in [0.717, 1.165) is 34.6 Å². The average molecular weight is 427 g/mol. The second-order valence-corrected chi connectivity index (χ2v) is 7.49. The minimum absolute atomic E-state index is 0.123. The van der Waals surface area contributed by atoms with Gasteiger partial charge in [0.25, 0.3) is 5.56 Å². The van der Waals surface area contributed by atoms with E-state index in [1.165, 1.54) is 0 Å². The molecule has 1 N–H and O–H groups in total. The molecule has 27 heavy (non-hydrogen) atoms. The monoisotopic (exact) mass is 426 g/mol. The highest BCUT2D eigenvalue weighted by Gasteiger charge is 2.17. The summed E-state index contributed by atoms with van der Waals surface area (Å²) in [7, 11) is 0. The Balaban J connectivity index is 2.18. The van der Waals surface area contributed by atoms with E-state index in [0.29, 0.717) is 16.9 Å². The quantitative estimate of drug-likeness (QED) is 0.543. The van der Waals surface area contributed by atoms with Gasteiger partial charge in [-0.25, -0.2) is 4.98 Å². The molecule has 0 amide bonds. The number of aromatic nitrogens is 2. The average Bonchev–Trinajstić information content (AvgIpc) is 2.68. The Morgan fingerprint density at radius 1 is 1.11 bits per heavy atom. The first-order valence-corrected chi connectivity index (χ1v) is 9.93. The molecule has 0 saturated carbocycles. The van der Waals surface area contributed by atoms with Crippen LogP contribution in [-0.4, -0.2) is 16.6 Å². The molecule has 140 valence electrons. The van der Waals surface area contributed by atoms with Gasteiger partial charge in [0.1, 0.15) is 16.0 Å². The molecule has 0 saturated heterocycles. The Bertz CT molecular complexity index is 981.